The van der Waals surface area contributed by atoms with Gasteiger partial charge < -0.3 is 15.5 Å². The number of hydrogen-bond donors (Lipinski definition) is 2. The third kappa shape index (κ3) is 3.92. The van der Waals surface area contributed by atoms with E-state index >= 15 is 0 Å². The van der Waals surface area contributed by atoms with Crippen molar-refractivity contribution in [3.63, 3.8) is 0 Å². The molecule has 2 amide bonds. The van der Waals surface area contributed by atoms with E-state index < -0.39 is 0 Å². The number of carbonyl (C=O) groups excluding carboxylic acids is 2. The van der Waals surface area contributed by atoms with E-state index in [2.05, 4.69) is 22.1 Å². The standard InChI is InChI=1S/C21H25N3O2S/c1-14-17(21(26)24-10-7-19-15(13-24)8-11-27-19)5-2-6-18(14)23-20(25)12-16-4-3-9-22-16/h2,5-6,8,11,16,22H,3-4,7,9-10,12-13H2,1H3,(H,23,25). The molecule has 2 N–H and O–H groups in total. The van der Waals surface area contributed by atoms with Gasteiger partial charge in [0.1, 0.15) is 0 Å². The van der Waals surface area contributed by atoms with Crippen LogP contribution in [0.4, 0.5) is 5.69 Å². The monoisotopic (exact) mass is 383 g/mol. The number of hydrogen-bond acceptors (Lipinski definition) is 4. The van der Waals surface area contributed by atoms with Crippen molar-refractivity contribution in [2.24, 2.45) is 0 Å². The number of fused-ring (bicyclic) bond motifs is 1. The Bertz CT molecular complexity index is 855. The molecule has 1 saturated heterocycles. The van der Waals surface area contributed by atoms with E-state index in [0.29, 0.717) is 18.5 Å². The van der Waals surface area contributed by atoms with Crippen molar-refractivity contribution in [2.45, 2.75) is 45.2 Å². The predicted octanol–water partition coefficient (Wildman–Crippen LogP) is 3.34. The molecule has 2 aliphatic heterocycles. The highest BCUT2D eigenvalue weighted by atomic mass is 32.1. The molecule has 0 aliphatic carbocycles. The van der Waals surface area contributed by atoms with Crippen LogP contribution in [0.2, 0.25) is 0 Å². The molecule has 27 heavy (non-hydrogen) atoms. The molecule has 1 aromatic heterocycles. The summed E-state index contributed by atoms with van der Waals surface area (Å²) in [5.74, 6) is 0.0425. The second kappa shape index (κ2) is 7.82. The summed E-state index contributed by atoms with van der Waals surface area (Å²) >= 11 is 1.77. The van der Waals surface area contributed by atoms with Crippen LogP contribution in [0.3, 0.4) is 0 Å². The lowest BCUT2D eigenvalue weighted by molar-refractivity contribution is -0.116. The van der Waals surface area contributed by atoms with Crippen LogP contribution in [0.5, 0.6) is 0 Å². The minimum atomic E-state index is 0.00277. The first-order valence-corrected chi connectivity index (χ1v) is 10.5. The first-order valence-electron chi connectivity index (χ1n) is 9.59. The summed E-state index contributed by atoms with van der Waals surface area (Å²) in [4.78, 5) is 28.7. The number of amides is 2. The fourth-order valence-electron chi connectivity index (χ4n) is 3.95. The number of anilines is 1. The van der Waals surface area contributed by atoms with Gasteiger partial charge in [-0.3, -0.25) is 9.59 Å². The number of carbonyl (C=O) groups is 2. The number of benzene rings is 1. The van der Waals surface area contributed by atoms with Gasteiger partial charge in [-0.2, -0.15) is 0 Å². The van der Waals surface area contributed by atoms with E-state index in [9.17, 15) is 9.59 Å². The van der Waals surface area contributed by atoms with Gasteiger partial charge in [0.05, 0.1) is 0 Å². The van der Waals surface area contributed by atoms with E-state index in [0.717, 1.165) is 43.6 Å². The minimum Gasteiger partial charge on any atom is -0.334 e. The molecule has 0 radical (unpaired) electrons. The van der Waals surface area contributed by atoms with Crippen LogP contribution in [-0.2, 0) is 17.8 Å². The average Bonchev–Trinajstić information content (AvgIpc) is 3.33. The molecule has 3 heterocycles. The van der Waals surface area contributed by atoms with Crippen molar-refractivity contribution in [1.29, 1.82) is 0 Å². The van der Waals surface area contributed by atoms with Gasteiger partial charge in [-0.25, -0.2) is 0 Å². The molecule has 2 aliphatic rings. The maximum absolute atomic E-state index is 13.1. The summed E-state index contributed by atoms with van der Waals surface area (Å²) in [6.07, 6.45) is 3.57. The lowest BCUT2D eigenvalue weighted by atomic mass is 10.0. The van der Waals surface area contributed by atoms with Crippen LogP contribution in [0, 0.1) is 6.92 Å². The Kier molecular flexibility index (Phi) is 5.27. The van der Waals surface area contributed by atoms with E-state index in [1.54, 1.807) is 11.3 Å². The third-order valence-electron chi connectivity index (χ3n) is 5.53. The van der Waals surface area contributed by atoms with Gasteiger partial charge in [0.15, 0.2) is 0 Å². The van der Waals surface area contributed by atoms with Gasteiger partial charge in [-0.1, -0.05) is 6.07 Å². The Morgan fingerprint density at radius 3 is 3.04 bits per heavy atom. The first kappa shape index (κ1) is 18.2. The van der Waals surface area contributed by atoms with Crippen LogP contribution in [0.25, 0.3) is 0 Å². The van der Waals surface area contributed by atoms with Crippen molar-refractivity contribution < 1.29 is 9.59 Å². The highest BCUT2D eigenvalue weighted by Crippen LogP contribution is 2.27. The molecule has 0 spiro atoms. The number of nitrogens with zero attached hydrogens (tertiary/aromatic N) is 1. The molecule has 6 heteroatoms. The molecular weight excluding hydrogens is 358 g/mol. The molecule has 5 nitrogen and oxygen atoms in total. The summed E-state index contributed by atoms with van der Waals surface area (Å²) < 4.78 is 0. The topological polar surface area (TPSA) is 61.4 Å². The summed E-state index contributed by atoms with van der Waals surface area (Å²) in [6, 6.07) is 7.96. The van der Waals surface area contributed by atoms with Crippen LogP contribution in [-0.4, -0.2) is 35.8 Å². The largest absolute Gasteiger partial charge is 0.334 e. The molecule has 142 valence electrons. The minimum absolute atomic E-state index is 0.00277. The lowest BCUT2D eigenvalue weighted by Gasteiger charge is -2.28. The Balaban J connectivity index is 1.46. The quantitative estimate of drug-likeness (QED) is 0.851. The zero-order valence-corrected chi connectivity index (χ0v) is 16.4. The molecule has 1 atom stereocenters. The maximum atomic E-state index is 13.1. The lowest BCUT2D eigenvalue weighted by Crippen LogP contribution is -2.35. The van der Waals surface area contributed by atoms with Crippen molar-refractivity contribution >= 4 is 28.8 Å². The predicted molar refractivity (Wildman–Crippen MR) is 108 cm³/mol. The summed E-state index contributed by atoms with van der Waals surface area (Å²) in [5.41, 5.74) is 3.50. The van der Waals surface area contributed by atoms with E-state index in [1.807, 2.05) is 30.0 Å². The highest BCUT2D eigenvalue weighted by Gasteiger charge is 2.24. The van der Waals surface area contributed by atoms with Crippen molar-refractivity contribution in [2.75, 3.05) is 18.4 Å². The van der Waals surface area contributed by atoms with Crippen molar-refractivity contribution in [3.8, 4) is 0 Å². The van der Waals surface area contributed by atoms with Crippen molar-refractivity contribution in [3.05, 3.63) is 51.2 Å². The second-order valence-electron chi connectivity index (χ2n) is 7.37. The van der Waals surface area contributed by atoms with Crippen LogP contribution in [0.15, 0.2) is 29.6 Å². The van der Waals surface area contributed by atoms with Crippen LogP contribution >= 0.6 is 11.3 Å². The Morgan fingerprint density at radius 1 is 1.33 bits per heavy atom. The van der Waals surface area contributed by atoms with E-state index in [4.69, 9.17) is 0 Å². The highest BCUT2D eigenvalue weighted by molar-refractivity contribution is 7.10. The van der Waals surface area contributed by atoms with Gasteiger partial charge in [-0.05, 0) is 67.4 Å². The first-order chi connectivity index (χ1) is 13.1. The Hall–Kier alpha value is -2.18. The molecule has 1 aromatic carbocycles. The fourth-order valence-corrected chi connectivity index (χ4v) is 4.84. The third-order valence-corrected chi connectivity index (χ3v) is 6.55. The number of thiophene rings is 1. The summed E-state index contributed by atoms with van der Waals surface area (Å²) in [5, 5.41) is 8.44. The van der Waals surface area contributed by atoms with Crippen LogP contribution in [0.1, 0.15) is 45.6 Å². The van der Waals surface area contributed by atoms with Crippen LogP contribution < -0.4 is 10.6 Å². The molecule has 0 bridgehead atoms. The van der Waals surface area contributed by atoms with Gasteiger partial charge >= 0.3 is 0 Å². The molecule has 0 saturated carbocycles. The molecule has 2 aromatic rings. The van der Waals surface area contributed by atoms with Gasteiger partial charge in [0.2, 0.25) is 5.91 Å². The van der Waals surface area contributed by atoms with E-state index in [-0.39, 0.29) is 17.9 Å². The Labute approximate surface area is 163 Å². The fraction of sp³-hybridized carbons (Fsp3) is 0.429. The van der Waals surface area contributed by atoms with Gasteiger partial charge in [0, 0.05) is 41.7 Å². The molecule has 1 fully saturated rings. The second-order valence-corrected chi connectivity index (χ2v) is 8.37. The summed E-state index contributed by atoms with van der Waals surface area (Å²) in [6.45, 7) is 4.32. The Morgan fingerprint density at radius 2 is 2.22 bits per heavy atom. The zero-order chi connectivity index (χ0) is 18.8. The number of rotatable bonds is 4. The average molecular weight is 384 g/mol. The smallest absolute Gasteiger partial charge is 0.254 e. The summed E-state index contributed by atoms with van der Waals surface area (Å²) in [7, 11) is 0. The number of nitrogens with one attached hydrogen (secondary N) is 2. The SMILES string of the molecule is Cc1c(NC(=O)CC2CCCN2)cccc1C(=O)N1CCc2sccc2C1. The normalized spacial score (nSPS) is 19.0. The van der Waals surface area contributed by atoms with Crippen molar-refractivity contribution in [1.82, 2.24) is 10.2 Å². The maximum Gasteiger partial charge on any atom is 0.254 e. The van der Waals surface area contributed by atoms with Gasteiger partial charge in [-0.15, -0.1) is 11.3 Å². The van der Waals surface area contributed by atoms with E-state index in [1.165, 1.54) is 10.4 Å². The molecule has 1 unspecified atom stereocenters. The molecule has 4 rings (SSSR count). The zero-order valence-electron chi connectivity index (χ0n) is 15.6. The van der Waals surface area contributed by atoms with Gasteiger partial charge in [0.25, 0.3) is 5.91 Å². The molecular formula is C21H25N3O2S.